The third-order valence-corrected chi connectivity index (χ3v) is 18.5. The van der Waals surface area contributed by atoms with E-state index in [1.165, 1.54) is 0 Å². The lowest BCUT2D eigenvalue weighted by Crippen LogP contribution is -2.49. The molecule has 0 spiro atoms. The maximum Gasteiger partial charge on any atom is 0.164 e. The molecule has 9 aromatic rings. The van der Waals surface area contributed by atoms with Crippen LogP contribution in [0.3, 0.4) is 0 Å². The third-order valence-electron chi connectivity index (χ3n) is 18.5. The topological polar surface area (TPSA) is 131 Å². The van der Waals surface area contributed by atoms with Crippen molar-refractivity contribution in [2.45, 2.75) is 0 Å². The Bertz CT molecular complexity index is 4010. The molecule has 9 rings (SSSR count). The Hall–Kier alpha value is -5.63. The van der Waals surface area contributed by atoms with Crippen LogP contribution in [0.15, 0.2) is 0 Å². The molecule has 2 heterocycles. The number of aromatic hydroxyl groups is 6. The van der Waals surface area contributed by atoms with Crippen molar-refractivity contribution in [2.75, 3.05) is 0 Å². The summed E-state index contributed by atoms with van der Waals surface area (Å²) < 4.78 is 4.67. The van der Waals surface area contributed by atoms with Crippen LogP contribution >= 0.6 is 0 Å². The molecule has 0 fully saturated rings. The molecule has 0 bridgehead atoms. The van der Waals surface area contributed by atoms with E-state index in [0.29, 0.717) is 33.1 Å². The van der Waals surface area contributed by atoms with Crippen LogP contribution in [0.2, 0.25) is 0 Å². The van der Waals surface area contributed by atoms with Gasteiger partial charge in [-0.1, -0.05) is 104 Å². The van der Waals surface area contributed by atoms with E-state index in [4.69, 9.17) is 0 Å². The van der Waals surface area contributed by atoms with Crippen LogP contribution in [0.1, 0.15) is 0 Å². The lowest BCUT2D eigenvalue weighted by Gasteiger charge is -2.28. The zero-order valence-electron chi connectivity index (χ0n) is 46.6. The molecule has 0 aliphatic rings. The molecule has 0 radical (unpaired) electrons. The molecule has 30 heteroatoms. The molecule has 0 atom stereocenters. The van der Waals surface area contributed by atoms with Crippen molar-refractivity contribution in [1.82, 2.24) is 9.13 Å². The van der Waals surface area contributed by atoms with E-state index in [-0.39, 0.29) is 28.7 Å². The molecule has 6 N–H and O–H groups in total. The first-order valence-electron chi connectivity index (χ1n) is 25.2. The number of hydrogen-bond acceptors (Lipinski definition) is 6. The van der Waals surface area contributed by atoms with Gasteiger partial charge in [0.25, 0.3) is 0 Å². The van der Waals surface area contributed by atoms with Crippen molar-refractivity contribution in [3.05, 3.63) is 0 Å². The fourth-order valence-electron chi connectivity index (χ4n) is 13.1. The smallest absolute Gasteiger partial charge is 0.164 e. The second kappa shape index (κ2) is 17.0. The summed E-state index contributed by atoms with van der Waals surface area (Å²) in [5.41, 5.74) is 29.6. The van der Waals surface area contributed by atoms with Crippen LogP contribution in [0.5, 0.6) is 34.5 Å². The average Bonchev–Trinajstić information content (AvgIpc) is 3.89. The zero-order chi connectivity index (χ0) is 53.4. The molecule has 0 aliphatic heterocycles. The molecule has 0 amide bonds. The monoisotopic (exact) mass is 921 g/mol. The first-order chi connectivity index (χ1) is 33.5. The minimum Gasteiger partial charge on any atom is -0.509 e. The lowest BCUT2D eigenvalue weighted by molar-refractivity contribution is 0.409. The molecule has 0 saturated heterocycles. The number of benzene rings is 7. The van der Waals surface area contributed by atoms with Crippen molar-refractivity contribution >= 4 is 336 Å². The van der Waals surface area contributed by atoms with Crippen molar-refractivity contribution in [1.29, 1.82) is 0 Å². The van der Waals surface area contributed by atoms with E-state index in [0.717, 1.165) is 170 Å². The van der Waals surface area contributed by atoms with Gasteiger partial charge in [0.05, 0.1) is 5.52 Å². The van der Waals surface area contributed by atoms with Gasteiger partial charge in [0.1, 0.15) is 196 Å². The minimum absolute atomic E-state index is 0.0333. The predicted molar refractivity (Wildman–Crippen MR) is 376 cm³/mol. The average molecular weight is 917 g/mol. The van der Waals surface area contributed by atoms with Crippen LogP contribution in [0, 0.1) is 0 Å². The highest BCUT2D eigenvalue weighted by atomic mass is 16.3. The van der Waals surface area contributed by atoms with Crippen LogP contribution in [-0.4, -0.2) is 212 Å². The molecule has 72 heavy (non-hydrogen) atoms. The summed E-state index contributed by atoms with van der Waals surface area (Å²) in [7, 11) is 45.3. The van der Waals surface area contributed by atoms with Gasteiger partial charge >= 0.3 is 0 Å². The largest absolute Gasteiger partial charge is 0.509 e. The first-order valence-corrected chi connectivity index (χ1v) is 25.2. The van der Waals surface area contributed by atoms with E-state index < -0.39 is 0 Å². The second-order valence-electron chi connectivity index (χ2n) is 21.6. The second-order valence-corrected chi connectivity index (χ2v) is 21.6. The number of phenols is 6. The molecule has 330 valence electrons. The summed E-state index contributed by atoms with van der Waals surface area (Å²) in [6.45, 7) is 0. The summed E-state index contributed by atoms with van der Waals surface area (Å²) in [6, 6.07) is 0. The standard InChI is InChI=1S/C42H50B22N2O6/c43-9-1(11(45)18(52)31-4(9)5-16(50)39(69)26(60)22(56)32(5)65(31)36-23(57)27(61)40(70)28(62)24(36)58)2-10(44)6-8-34(29(63)41(71)30(64)37(8)67)66(33(6)19(53)12(2)46)35-20(54)13(47)3(14(48)21(35)55)7-15(49)17(51)25(59)42(72)38(7)68/h67-72H,43-64H2. The number of aromatic nitrogens is 2. The van der Waals surface area contributed by atoms with E-state index in [1.54, 1.807) is 7.85 Å². The first kappa shape index (κ1) is 51.3. The number of rotatable bonds is 4. The molecule has 2 aromatic heterocycles. The van der Waals surface area contributed by atoms with Crippen molar-refractivity contribution in [3.63, 3.8) is 0 Å². The highest BCUT2D eigenvalue weighted by Gasteiger charge is 2.33. The van der Waals surface area contributed by atoms with Crippen LogP contribution in [0.4, 0.5) is 0 Å². The highest BCUT2D eigenvalue weighted by Crippen LogP contribution is 2.38. The quantitative estimate of drug-likeness (QED) is 0.0770. The van der Waals surface area contributed by atoms with Gasteiger partial charge in [-0.15, -0.1) is 0 Å². The number of nitrogens with zero attached hydrogens (tertiary/aromatic N) is 2. The predicted octanol–water partition coefficient (Wildman–Crippen LogP) is -28.9. The van der Waals surface area contributed by atoms with Crippen molar-refractivity contribution in [3.8, 4) is 68.1 Å². The molecule has 0 saturated carbocycles. The Labute approximate surface area is 441 Å². The van der Waals surface area contributed by atoms with Gasteiger partial charge in [-0.25, -0.2) is 0 Å². The molecular formula is C42H50B22N2O6. The van der Waals surface area contributed by atoms with Gasteiger partial charge in [0, 0.05) is 55.0 Å². The summed E-state index contributed by atoms with van der Waals surface area (Å²) in [4.78, 5) is 0. The van der Waals surface area contributed by atoms with Gasteiger partial charge in [-0.3, -0.25) is 0 Å². The van der Waals surface area contributed by atoms with Crippen LogP contribution in [-0.2, 0) is 0 Å². The summed E-state index contributed by atoms with van der Waals surface area (Å²) in [5.74, 6) is 0.438. The number of hydrogen-bond donors (Lipinski definition) is 6. The minimum atomic E-state index is -0.127. The van der Waals surface area contributed by atoms with Gasteiger partial charge in [-0.05, 0) is 33.1 Å². The Morgan fingerprint density at radius 1 is 0.181 bits per heavy atom. The highest BCUT2D eigenvalue weighted by molar-refractivity contribution is 6.70. The number of fused-ring (bicyclic) bond motifs is 6. The van der Waals surface area contributed by atoms with E-state index >= 15 is 0 Å². The Kier molecular flexibility index (Phi) is 12.1. The fourth-order valence-corrected chi connectivity index (χ4v) is 13.1. The van der Waals surface area contributed by atoms with Gasteiger partial charge < -0.3 is 39.8 Å². The van der Waals surface area contributed by atoms with Gasteiger partial charge in [-0.2, -0.15) is 0 Å². The van der Waals surface area contributed by atoms with Crippen LogP contribution < -0.4 is 120 Å². The third kappa shape index (κ3) is 6.31. The summed E-state index contributed by atoms with van der Waals surface area (Å²) >= 11 is 0. The van der Waals surface area contributed by atoms with E-state index in [1.807, 2.05) is 62.8 Å². The van der Waals surface area contributed by atoms with Gasteiger partial charge in [0.2, 0.25) is 0 Å². The van der Waals surface area contributed by atoms with Crippen LogP contribution in [0.25, 0.3) is 77.2 Å². The Morgan fingerprint density at radius 2 is 0.458 bits per heavy atom. The van der Waals surface area contributed by atoms with Gasteiger partial charge in [0.15, 0.2) is 11.5 Å². The lowest BCUT2D eigenvalue weighted by atomic mass is 9.61. The molecule has 0 aliphatic carbocycles. The van der Waals surface area contributed by atoms with E-state index in [2.05, 4.69) is 111 Å². The zero-order valence-corrected chi connectivity index (χ0v) is 46.6. The van der Waals surface area contributed by atoms with Crippen molar-refractivity contribution < 1.29 is 30.6 Å². The molecule has 0 unspecified atom stereocenters. The normalized spacial score (nSPS) is 11.8. The Balaban J connectivity index is 1.48. The number of phenolic OH excluding ortho intramolecular Hbond substituents is 6. The van der Waals surface area contributed by atoms with E-state index in [9.17, 15) is 30.6 Å². The summed E-state index contributed by atoms with van der Waals surface area (Å²) in [6.07, 6.45) is 0. The van der Waals surface area contributed by atoms with Crippen molar-refractivity contribution in [2.24, 2.45) is 0 Å². The SMILES string of the molecule is Bc1c(B)c(O)c(O)c(-c2c(B)c(B)c(-n3c4c(B)c(B)c(-c5c(B)c(B)c6c(c5B)c5c(B)c(O)c(B)c(B)c5n6-c5c(B)c(B)c(O)c(B)c5B)c(B)c4c4c(O)c(B)c(O)c(B)c43)c(B)c2B)c1B. The molecule has 8 nitrogen and oxygen atoms in total. The fraction of sp³-hybridized carbons (Fsp3) is 0. The maximum atomic E-state index is 12.5. The maximum absolute atomic E-state index is 12.5. The Morgan fingerprint density at radius 3 is 0.903 bits per heavy atom. The molecular weight excluding hydrogens is 866 g/mol. The summed E-state index contributed by atoms with van der Waals surface area (Å²) in [5, 5.41) is 74.0. The molecule has 7 aromatic carbocycles.